The van der Waals surface area contributed by atoms with Gasteiger partial charge < -0.3 is 14.4 Å². The van der Waals surface area contributed by atoms with Crippen molar-refractivity contribution in [3.05, 3.63) is 36.4 Å². The second-order valence-electron chi connectivity index (χ2n) is 10.4. The van der Waals surface area contributed by atoms with E-state index in [4.69, 9.17) is 9.47 Å². The molecule has 5 atom stereocenters. The predicted molar refractivity (Wildman–Crippen MR) is 122 cm³/mol. The number of anilines is 1. The van der Waals surface area contributed by atoms with Crippen LogP contribution in [0.2, 0.25) is 0 Å². The summed E-state index contributed by atoms with van der Waals surface area (Å²) in [5.41, 5.74) is 2.90. The first-order chi connectivity index (χ1) is 15.0. The fourth-order valence-electron chi connectivity index (χ4n) is 6.74. The first kappa shape index (κ1) is 20.9. The molecule has 31 heavy (non-hydrogen) atoms. The number of ether oxygens (including phenoxy) is 2. The average Bonchev–Trinajstić information content (AvgIpc) is 3.06. The van der Waals surface area contributed by atoms with Gasteiger partial charge in [-0.1, -0.05) is 25.1 Å². The highest BCUT2D eigenvalue weighted by molar-refractivity contribution is 5.75. The van der Waals surface area contributed by atoms with E-state index in [2.05, 4.69) is 35.4 Å². The molecule has 0 bridgehead atoms. The van der Waals surface area contributed by atoms with Gasteiger partial charge in [0.2, 0.25) is 0 Å². The van der Waals surface area contributed by atoms with E-state index >= 15 is 0 Å². The summed E-state index contributed by atoms with van der Waals surface area (Å²) in [5.74, 6) is 1.88. The average molecular weight is 425 g/mol. The molecule has 4 aliphatic rings. The van der Waals surface area contributed by atoms with E-state index < -0.39 is 0 Å². The Bertz CT molecular complexity index is 847. The Hall–Kier alpha value is -2.01. The van der Waals surface area contributed by atoms with E-state index in [1.807, 2.05) is 12.1 Å². The summed E-state index contributed by atoms with van der Waals surface area (Å²) >= 11 is 0. The normalized spacial score (nSPS) is 36.0. The van der Waals surface area contributed by atoms with Gasteiger partial charge in [0.25, 0.3) is 0 Å². The second-order valence-corrected chi connectivity index (χ2v) is 10.4. The van der Waals surface area contributed by atoms with Crippen molar-refractivity contribution in [2.24, 2.45) is 23.2 Å². The monoisotopic (exact) mass is 424 g/mol. The van der Waals surface area contributed by atoms with Gasteiger partial charge in [-0.05, 0) is 55.6 Å². The minimum Gasteiger partial charge on any atom is -0.497 e. The van der Waals surface area contributed by atoms with Crippen LogP contribution in [0.3, 0.4) is 0 Å². The second kappa shape index (κ2) is 8.16. The van der Waals surface area contributed by atoms with E-state index in [9.17, 15) is 4.79 Å². The number of hydrogen-bond acceptors (Lipinski definition) is 5. The van der Waals surface area contributed by atoms with Gasteiger partial charge in [0.05, 0.1) is 13.0 Å². The number of nitrogens with zero attached hydrogens (tertiary/aromatic N) is 2. The van der Waals surface area contributed by atoms with Gasteiger partial charge in [0.15, 0.2) is 0 Å². The van der Waals surface area contributed by atoms with E-state index in [0.29, 0.717) is 11.8 Å². The molecule has 2 saturated carbocycles. The lowest BCUT2D eigenvalue weighted by atomic mass is 9.55. The zero-order valence-electron chi connectivity index (χ0n) is 19.0. The van der Waals surface area contributed by atoms with Gasteiger partial charge in [0, 0.05) is 50.4 Å². The minimum atomic E-state index is 0.0210. The van der Waals surface area contributed by atoms with E-state index in [0.717, 1.165) is 57.7 Å². The van der Waals surface area contributed by atoms with Crippen LogP contribution in [0, 0.1) is 23.2 Å². The molecule has 5 nitrogen and oxygen atoms in total. The number of piperazine rings is 1. The van der Waals surface area contributed by atoms with Gasteiger partial charge in [0.1, 0.15) is 11.9 Å². The van der Waals surface area contributed by atoms with E-state index in [1.54, 1.807) is 7.11 Å². The maximum Gasteiger partial charge on any atom is 0.310 e. The van der Waals surface area contributed by atoms with Gasteiger partial charge in [-0.15, -0.1) is 0 Å². The van der Waals surface area contributed by atoms with Crippen LogP contribution in [0.1, 0.15) is 39.0 Å². The van der Waals surface area contributed by atoms with Crippen LogP contribution < -0.4 is 9.64 Å². The molecule has 168 valence electrons. The highest BCUT2D eigenvalue weighted by Gasteiger charge is 2.55. The summed E-state index contributed by atoms with van der Waals surface area (Å²) in [6.07, 6.45) is 5.85. The molecule has 0 radical (unpaired) electrons. The van der Waals surface area contributed by atoms with Gasteiger partial charge in [-0.25, -0.2) is 0 Å². The SMILES string of the molecule is C=C1CCC[C@@]2(C)C[C@H]3OC(=O)[C@@H](CN4CCN(c5cccc(OC)c5)CC4)[C@@H]3C[C@@H]12. The predicted octanol–water partition coefficient (Wildman–Crippen LogP) is 4.13. The molecule has 2 aliphatic heterocycles. The van der Waals surface area contributed by atoms with Crippen molar-refractivity contribution in [2.75, 3.05) is 44.7 Å². The standard InChI is InChI=1S/C26H36N2O3/c1-18-6-5-9-26(2)16-24-21(15-23(18)26)22(25(29)31-24)17-27-10-12-28(13-11-27)19-7-4-8-20(14-19)30-3/h4,7-8,14,21-24H,1,5-6,9-13,15-17H2,2-3H3/t21-,22-,23-,24+,26-/m0/s1. The molecule has 0 N–H and O–H groups in total. The molecule has 0 aromatic heterocycles. The molecule has 5 rings (SSSR count). The van der Waals surface area contributed by atoms with Crippen LogP contribution in [-0.4, -0.2) is 56.8 Å². The number of carbonyl (C=O) groups excluding carboxylic acids is 1. The number of allylic oxidation sites excluding steroid dienone is 1. The zero-order valence-corrected chi connectivity index (χ0v) is 19.0. The fourth-order valence-corrected chi connectivity index (χ4v) is 6.74. The van der Waals surface area contributed by atoms with Gasteiger partial charge >= 0.3 is 5.97 Å². The van der Waals surface area contributed by atoms with Crippen molar-refractivity contribution >= 4 is 11.7 Å². The van der Waals surface area contributed by atoms with E-state index in [1.165, 1.54) is 24.1 Å². The molecule has 2 aliphatic carbocycles. The Morgan fingerprint density at radius 2 is 2.06 bits per heavy atom. The summed E-state index contributed by atoms with van der Waals surface area (Å²) in [7, 11) is 1.71. The lowest BCUT2D eigenvalue weighted by Gasteiger charge is -2.50. The Morgan fingerprint density at radius 3 is 2.84 bits per heavy atom. The zero-order chi connectivity index (χ0) is 21.6. The number of benzene rings is 1. The largest absolute Gasteiger partial charge is 0.497 e. The summed E-state index contributed by atoms with van der Waals surface area (Å²) in [6.45, 7) is 11.6. The van der Waals surface area contributed by atoms with Gasteiger partial charge in [-0.2, -0.15) is 0 Å². The lowest BCUT2D eigenvalue weighted by Crippen LogP contribution is -2.50. The van der Waals surface area contributed by atoms with Crippen molar-refractivity contribution in [3.63, 3.8) is 0 Å². The number of fused-ring (bicyclic) bond motifs is 2. The van der Waals surface area contributed by atoms with Crippen LogP contribution in [0.15, 0.2) is 36.4 Å². The van der Waals surface area contributed by atoms with Crippen molar-refractivity contribution in [3.8, 4) is 5.75 Å². The summed E-state index contributed by atoms with van der Waals surface area (Å²) < 4.78 is 11.3. The molecular weight excluding hydrogens is 388 g/mol. The fraction of sp³-hybridized carbons (Fsp3) is 0.654. The van der Waals surface area contributed by atoms with Crippen molar-refractivity contribution in [1.29, 1.82) is 0 Å². The molecule has 0 amide bonds. The third kappa shape index (κ3) is 3.86. The Kier molecular flexibility index (Phi) is 5.49. The summed E-state index contributed by atoms with van der Waals surface area (Å²) in [6, 6.07) is 8.28. The molecule has 1 aromatic rings. The first-order valence-corrected chi connectivity index (χ1v) is 12.0. The maximum atomic E-state index is 12.9. The Labute approximate surface area is 186 Å². The number of esters is 1. The van der Waals surface area contributed by atoms with Crippen LogP contribution in [0.5, 0.6) is 5.75 Å². The minimum absolute atomic E-state index is 0.0210. The number of hydrogen-bond donors (Lipinski definition) is 0. The highest BCUT2D eigenvalue weighted by Crippen LogP contribution is 2.56. The van der Waals surface area contributed by atoms with Crippen LogP contribution in [0.25, 0.3) is 0 Å². The molecule has 1 aromatic carbocycles. The van der Waals surface area contributed by atoms with Crippen molar-refractivity contribution in [1.82, 2.24) is 4.90 Å². The molecule has 2 heterocycles. The van der Waals surface area contributed by atoms with Crippen molar-refractivity contribution < 1.29 is 14.3 Å². The number of rotatable bonds is 4. The van der Waals surface area contributed by atoms with E-state index in [-0.39, 0.29) is 23.4 Å². The molecule has 2 saturated heterocycles. The summed E-state index contributed by atoms with van der Waals surface area (Å²) in [5, 5.41) is 0. The maximum absolute atomic E-state index is 12.9. The Morgan fingerprint density at radius 1 is 1.26 bits per heavy atom. The molecular formula is C26H36N2O3. The molecule has 0 unspecified atom stereocenters. The smallest absolute Gasteiger partial charge is 0.310 e. The van der Waals surface area contributed by atoms with Crippen LogP contribution >= 0.6 is 0 Å². The molecule has 5 heteroatoms. The first-order valence-electron chi connectivity index (χ1n) is 12.0. The summed E-state index contributed by atoms with van der Waals surface area (Å²) in [4.78, 5) is 17.7. The van der Waals surface area contributed by atoms with Crippen LogP contribution in [0.4, 0.5) is 5.69 Å². The molecule has 0 spiro atoms. The van der Waals surface area contributed by atoms with Crippen LogP contribution in [-0.2, 0) is 9.53 Å². The lowest BCUT2D eigenvalue weighted by molar-refractivity contribution is -0.146. The topological polar surface area (TPSA) is 42.0 Å². The van der Waals surface area contributed by atoms with Gasteiger partial charge in [-0.3, -0.25) is 9.69 Å². The quantitative estimate of drug-likeness (QED) is 0.537. The highest BCUT2D eigenvalue weighted by atomic mass is 16.6. The number of methoxy groups -OCH3 is 1. The number of carbonyl (C=O) groups is 1. The Balaban J connectivity index is 1.22. The molecule has 4 fully saturated rings. The van der Waals surface area contributed by atoms with Crippen molar-refractivity contribution in [2.45, 2.75) is 45.1 Å². The third-order valence-corrected chi connectivity index (χ3v) is 8.57. The third-order valence-electron chi connectivity index (χ3n) is 8.57.